The molecule has 214 valence electrons. The largest absolute Gasteiger partial charge is 0.790 e. The average Bonchev–Trinajstić information content (AvgIpc) is 2.90. The summed E-state index contributed by atoms with van der Waals surface area (Å²) in [5, 5.41) is 22.0. The van der Waals surface area contributed by atoms with Gasteiger partial charge in [0.25, 0.3) is 0 Å². The molecule has 6 N–H and O–H groups in total. The van der Waals surface area contributed by atoms with E-state index in [1.165, 1.54) is 128 Å². The molecule has 0 aromatic rings. The molecule has 36 heavy (non-hydrogen) atoms. The van der Waals surface area contributed by atoms with Gasteiger partial charge in [-0.2, -0.15) is 0 Å². The van der Waals surface area contributed by atoms with E-state index in [1.807, 2.05) is 0 Å². The van der Waals surface area contributed by atoms with Gasteiger partial charge in [0.2, 0.25) is 0 Å². The maximum atomic E-state index is 9.71. The number of rotatable bonds is 8. The molecule has 4 fully saturated rings. The second-order valence-electron chi connectivity index (χ2n) is 11.6. The van der Waals surface area contributed by atoms with E-state index in [-0.39, 0.29) is 0 Å². The van der Waals surface area contributed by atoms with Gasteiger partial charge in [-0.05, 0) is 103 Å². The lowest BCUT2D eigenvalue weighted by atomic mass is 9.91. The number of quaternary nitrogens is 2. The fraction of sp³-hybridized carbons (Fsp3) is 1.00. The van der Waals surface area contributed by atoms with Crippen LogP contribution in [0.2, 0.25) is 0 Å². The normalized spacial score (nSPS) is 24.2. The molecule has 0 amide bonds. The molecule has 0 saturated heterocycles. The zero-order chi connectivity index (χ0) is 26.1. The van der Waals surface area contributed by atoms with Crippen molar-refractivity contribution in [2.24, 2.45) is 0 Å². The number of aliphatic hydroxyl groups is 2. The Hall–Kier alpha value is -0.0500. The molecule has 8 nitrogen and oxygen atoms in total. The van der Waals surface area contributed by atoms with E-state index in [4.69, 9.17) is 10.2 Å². The van der Waals surface area contributed by atoms with Crippen molar-refractivity contribution in [1.29, 1.82) is 0 Å². The first-order valence-electron chi connectivity index (χ1n) is 15.0. The summed E-state index contributed by atoms with van der Waals surface area (Å²) in [5.74, 6) is 0. The summed E-state index contributed by atoms with van der Waals surface area (Å²) in [6, 6.07) is 3.99. The van der Waals surface area contributed by atoms with Crippen molar-refractivity contribution in [2.45, 2.75) is 159 Å². The Morgan fingerprint density at radius 2 is 0.917 bits per heavy atom. The summed E-state index contributed by atoms with van der Waals surface area (Å²) in [6.07, 6.45) is 28.6. The van der Waals surface area contributed by atoms with Gasteiger partial charge in [0.1, 0.15) is 6.10 Å². The van der Waals surface area contributed by atoms with Crippen molar-refractivity contribution >= 4 is 7.82 Å². The first-order valence-corrected chi connectivity index (χ1v) is 16.5. The average molecular weight is 535 g/mol. The summed E-state index contributed by atoms with van der Waals surface area (Å²) in [5.41, 5.74) is 0. The predicted molar refractivity (Wildman–Crippen MR) is 138 cm³/mol. The van der Waals surface area contributed by atoms with Crippen LogP contribution in [-0.2, 0) is 9.09 Å². The Balaban J connectivity index is 0.000000193. The predicted octanol–water partition coefficient (Wildman–Crippen LogP) is 1.62. The molecule has 0 bridgehead atoms. The van der Waals surface area contributed by atoms with Crippen LogP contribution in [0.1, 0.15) is 128 Å². The highest BCUT2D eigenvalue weighted by atomic mass is 31.2. The van der Waals surface area contributed by atoms with E-state index >= 15 is 0 Å². The highest BCUT2D eigenvalue weighted by Crippen LogP contribution is 2.24. The fourth-order valence-electron chi connectivity index (χ4n) is 6.31. The molecule has 1 unspecified atom stereocenters. The second-order valence-corrected chi connectivity index (χ2v) is 12.7. The molecule has 4 aliphatic carbocycles. The molecule has 4 saturated carbocycles. The minimum absolute atomic E-state index is 0.639. The summed E-state index contributed by atoms with van der Waals surface area (Å²) in [6.45, 7) is -1.33. The van der Waals surface area contributed by atoms with Crippen LogP contribution in [0.4, 0.5) is 0 Å². The van der Waals surface area contributed by atoms with Gasteiger partial charge in [-0.25, -0.2) is 0 Å². The van der Waals surface area contributed by atoms with Gasteiger partial charge in [-0.3, -0.25) is 0 Å². The van der Waals surface area contributed by atoms with Gasteiger partial charge in [-0.15, -0.1) is 0 Å². The minimum Gasteiger partial charge on any atom is -0.790 e. The number of hydrogen-bond donors (Lipinski definition) is 4. The zero-order valence-corrected chi connectivity index (χ0v) is 23.5. The molecule has 4 aliphatic rings. The lowest BCUT2D eigenvalue weighted by Crippen LogP contribution is -2.95. The second kappa shape index (κ2) is 19.1. The maximum Gasteiger partial charge on any atom is 0.101 e. The first kappa shape index (κ1) is 32.2. The molecular weight excluding hydrogens is 479 g/mol. The Labute approximate surface area is 219 Å². The van der Waals surface area contributed by atoms with Crippen molar-refractivity contribution in [1.82, 2.24) is 0 Å². The fourth-order valence-corrected chi connectivity index (χ4v) is 6.66. The van der Waals surface area contributed by atoms with Crippen LogP contribution >= 0.6 is 7.82 Å². The van der Waals surface area contributed by atoms with Crippen LogP contribution in [0, 0.1) is 0 Å². The summed E-state index contributed by atoms with van der Waals surface area (Å²) in [4.78, 5) is 19.4. The van der Waals surface area contributed by atoms with Crippen LogP contribution in [0.3, 0.4) is 0 Å². The lowest BCUT2D eigenvalue weighted by molar-refractivity contribution is -0.726. The Morgan fingerprint density at radius 3 is 1.14 bits per heavy atom. The van der Waals surface area contributed by atoms with Gasteiger partial charge in [-0.1, -0.05) is 25.7 Å². The van der Waals surface area contributed by atoms with Gasteiger partial charge in [0.15, 0.2) is 0 Å². The zero-order valence-electron chi connectivity index (χ0n) is 22.6. The van der Waals surface area contributed by atoms with Crippen molar-refractivity contribution in [3.05, 3.63) is 0 Å². The molecule has 0 aromatic heterocycles. The smallest absolute Gasteiger partial charge is 0.101 e. The molecule has 0 heterocycles. The van der Waals surface area contributed by atoms with E-state index in [0.717, 1.165) is 24.2 Å². The molecular formula is C27H55N2O6P. The third kappa shape index (κ3) is 16.0. The monoisotopic (exact) mass is 534 g/mol. The standard InChI is InChI=1S/2C12H23N.C3H9O6P/c2*1-3-7-11(8-4-1)13-12-9-5-2-6-10-12;4-1-3(5)2-9-10(6,7)8/h2*11-13H,1-10H2;3-5H,1-2H2,(H2,6,7,8). The number of phosphoric ester groups is 1. The summed E-state index contributed by atoms with van der Waals surface area (Å²) >= 11 is 0. The Kier molecular flexibility index (Phi) is 17.0. The summed E-state index contributed by atoms with van der Waals surface area (Å²) < 4.78 is 13.3. The first-order chi connectivity index (χ1) is 17.4. The minimum atomic E-state index is -5.00. The molecule has 0 aromatic carbocycles. The van der Waals surface area contributed by atoms with Gasteiger partial charge >= 0.3 is 0 Å². The third-order valence-electron chi connectivity index (χ3n) is 8.32. The van der Waals surface area contributed by atoms with Gasteiger partial charge in [0.05, 0.1) is 45.2 Å². The molecule has 1 atom stereocenters. The molecule has 0 radical (unpaired) electrons. The van der Waals surface area contributed by atoms with E-state index in [2.05, 4.69) is 15.2 Å². The van der Waals surface area contributed by atoms with Crippen LogP contribution in [-0.4, -0.2) is 53.7 Å². The molecule has 9 heteroatoms. The summed E-state index contributed by atoms with van der Waals surface area (Å²) in [7, 11) is -5.00. The van der Waals surface area contributed by atoms with Crippen LogP contribution in [0.15, 0.2) is 0 Å². The number of aliphatic hydroxyl groups excluding tert-OH is 2. The number of hydrogen-bond acceptors (Lipinski definition) is 6. The molecule has 4 rings (SSSR count). The van der Waals surface area contributed by atoms with Crippen LogP contribution in [0.5, 0.6) is 0 Å². The van der Waals surface area contributed by atoms with E-state index in [0.29, 0.717) is 0 Å². The third-order valence-corrected chi connectivity index (χ3v) is 8.79. The van der Waals surface area contributed by atoms with E-state index < -0.39 is 27.1 Å². The quantitative estimate of drug-likeness (QED) is 0.348. The van der Waals surface area contributed by atoms with Crippen molar-refractivity contribution in [3.8, 4) is 0 Å². The van der Waals surface area contributed by atoms with Crippen molar-refractivity contribution < 1.29 is 39.7 Å². The molecule has 0 spiro atoms. The van der Waals surface area contributed by atoms with Crippen LogP contribution < -0.4 is 20.4 Å². The lowest BCUT2D eigenvalue weighted by Gasteiger charge is -2.29. The van der Waals surface area contributed by atoms with Crippen molar-refractivity contribution in [2.75, 3.05) is 13.2 Å². The molecule has 0 aliphatic heterocycles. The van der Waals surface area contributed by atoms with E-state index in [9.17, 15) is 14.4 Å². The highest BCUT2D eigenvalue weighted by Gasteiger charge is 2.23. The van der Waals surface area contributed by atoms with Crippen molar-refractivity contribution in [3.63, 3.8) is 0 Å². The highest BCUT2D eigenvalue weighted by molar-refractivity contribution is 7.43. The Morgan fingerprint density at radius 1 is 0.639 bits per heavy atom. The van der Waals surface area contributed by atoms with Crippen LogP contribution in [0.25, 0.3) is 0 Å². The number of phosphoric acid groups is 1. The maximum absolute atomic E-state index is 9.71. The topological polar surface area (TPSA) is 146 Å². The number of nitrogens with two attached hydrogens (primary N) is 2. The van der Waals surface area contributed by atoms with Gasteiger partial charge < -0.3 is 39.7 Å². The SMILES string of the molecule is C1CCC([NH2+]C2CCCCC2)CC1.C1CCC([NH2+]C2CCCCC2)CC1.O=P([O-])([O-])OCC(O)CO. The van der Waals surface area contributed by atoms with E-state index in [1.54, 1.807) is 0 Å². The van der Waals surface area contributed by atoms with Gasteiger partial charge in [0, 0.05) is 0 Å². The Bertz CT molecular complexity index is 503.